The molecule has 0 fully saturated rings. The molecular weight excluding hydrogens is 382 g/mol. The number of hydrogen-bond acceptors (Lipinski definition) is 5. The molecule has 4 aromatic rings. The number of benzene rings is 2. The Morgan fingerprint density at radius 3 is 2.23 bits per heavy atom. The summed E-state index contributed by atoms with van der Waals surface area (Å²) in [6.07, 6.45) is 3.46. The standard InChI is InChI=1S/C22H20N5O3/c1-3-25-21(16-12-14-23-15-13-16)24-26(18-8-10-20(30-2)11-9-18)22(25)17-4-6-19(7-5-17)27(28)29/h4-15H,3H2,1-2H3/q+1. The lowest BCUT2D eigenvalue weighted by Gasteiger charge is -2.05. The minimum Gasteiger partial charge on any atom is -0.497 e. The Morgan fingerprint density at radius 1 is 1.00 bits per heavy atom. The number of non-ortho nitro benzene ring substituents is 1. The molecule has 0 aliphatic rings. The lowest BCUT2D eigenvalue weighted by molar-refractivity contribution is -0.672. The lowest BCUT2D eigenvalue weighted by atomic mass is 10.1. The fourth-order valence-corrected chi connectivity index (χ4v) is 3.34. The van der Waals surface area contributed by atoms with Crippen LogP contribution in [0.3, 0.4) is 0 Å². The first-order valence-electron chi connectivity index (χ1n) is 9.45. The van der Waals surface area contributed by atoms with E-state index in [1.165, 1.54) is 12.1 Å². The summed E-state index contributed by atoms with van der Waals surface area (Å²) >= 11 is 0. The second-order valence-corrected chi connectivity index (χ2v) is 6.54. The normalized spacial score (nSPS) is 10.7. The fourth-order valence-electron chi connectivity index (χ4n) is 3.34. The Labute approximate surface area is 173 Å². The van der Waals surface area contributed by atoms with Gasteiger partial charge < -0.3 is 4.74 Å². The molecule has 2 aromatic carbocycles. The fraction of sp³-hybridized carbons (Fsp3) is 0.136. The monoisotopic (exact) mass is 402 g/mol. The molecule has 0 saturated carbocycles. The number of nitrogens with zero attached hydrogens (tertiary/aromatic N) is 5. The summed E-state index contributed by atoms with van der Waals surface area (Å²) in [7, 11) is 1.62. The molecule has 0 amide bonds. The van der Waals surface area contributed by atoms with Crippen molar-refractivity contribution < 1.29 is 14.2 Å². The summed E-state index contributed by atoms with van der Waals surface area (Å²) in [5, 5.41) is 16.0. The number of hydrogen-bond donors (Lipinski definition) is 0. The van der Waals surface area contributed by atoms with E-state index in [1.807, 2.05) is 48.0 Å². The van der Waals surface area contributed by atoms with Crippen molar-refractivity contribution in [3.05, 3.63) is 83.2 Å². The van der Waals surface area contributed by atoms with E-state index in [4.69, 9.17) is 9.84 Å². The van der Waals surface area contributed by atoms with Crippen LogP contribution in [0.25, 0.3) is 28.5 Å². The van der Waals surface area contributed by atoms with Crippen LogP contribution in [0.5, 0.6) is 5.75 Å². The molecule has 0 spiro atoms. The van der Waals surface area contributed by atoms with Crippen molar-refractivity contribution in [1.82, 2.24) is 14.8 Å². The Balaban J connectivity index is 1.95. The summed E-state index contributed by atoms with van der Waals surface area (Å²) in [5.74, 6) is 2.36. The number of aromatic nitrogens is 4. The molecule has 8 heteroatoms. The molecule has 0 N–H and O–H groups in total. The quantitative estimate of drug-likeness (QED) is 0.278. The number of methoxy groups -OCH3 is 1. The summed E-state index contributed by atoms with van der Waals surface area (Å²) in [5.41, 5.74) is 2.66. The van der Waals surface area contributed by atoms with Gasteiger partial charge in [0.25, 0.3) is 11.5 Å². The molecule has 0 saturated heterocycles. The maximum Gasteiger partial charge on any atom is 0.309 e. The molecule has 0 unspecified atom stereocenters. The average molecular weight is 402 g/mol. The molecule has 4 rings (SSSR count). The van der Waals surface area contributed by atoms with Crippen LogP contribution in [0.4, 0.5) is 5.69 Å². The summed E-state index contributed by atoms with van der Waals surface area (Å²) in [6.45, 7) is 2.71. The number of nitro benzene ring substituents is 1. The third kappa shape index (κ3) is 3.50. The molecule has 0 atom stereocenters. The van der Waals surface area contributed by atoms with E-state index in [0.717, 1.165) is 34.2 Å². The number of rotatable bonds is 6. The lowest BCUT2D eigenvalue weighted by Crippen LogP contribution is -2.36. The smallest absolute Gasteiger partial charge is 0.309 e. The van der Waals surface area contributed by atoms with Crippen molar-refractivity contribution in [2.24, 2.45) is 0 Å². The first kappa shape index (κ1) is 19.3. The van der Waals surface area contributed by atoms with Crippen molar-refractivity contribution in [1.29, 1.82) is 0 Å². The Morgan fingerprint density at radius 2 is 1.67 bits per heavy atom. The molecule has 150 valence electrons. The van der Waals surface area contributed by atoms with E-state index in [0.29, 0.717) is 6.54 Å². The van der Waals surface area contributed by atoms with Crippen LogP contribution >= 0.6 is 0 Å². The summed E-state index contributed by atoms with van der Waals surface area (Å²) in [4.78, 5) is 14.8. The highest BCUT2D eigenvalue weighted by Crippen LogP contribution is 2.26. The zero-order valence-electron chi connectivity index (χ0n) is 16.6. The summed E-state index contributed by atoms with van der Waals surface area (Å²) in [6, 6.07) is 17.9. The van der Waals surface area contributed by atoms with Gasteiger partial charge in [0.1, 0.15) is 11.4 Å². The molecule has 30 heavy (non-hydrogen) atoms. The van der Waals surface area contributed by atoms with E-state index >= 15 is 0 Å². The highest BCUT2D eigenvalue weighted by atomic mass is 16.6. The van der Waals surface area contributed by atoms with Gasteiger partial charge in [-0.3, -0.25) is 15.1 Å². The van der Waals surface area contributed by atoms with E-state index in [-0.39, 0.29) is 5.69 Å². The van der Waals surface area contributed by atoms with Crippen LogP contribution in [-0.4, -0.2) is 26.8 Å². The second kappa shape index (κ2) is 8.12. The minimum absolute atomic E-state index is 0.0478. The predicted molar refractivity (Wildman–Crippen MR) is 111 cm³/mol. The maximum atomic E-state index is 11.1. The van der Waals surface area contributed by atoms with Gasteiger partial charge in [0.05, 0.1) is 34.8 Å². The van der Waals surface area contributed by atoms with Gasteiger partial charge in [0.15, 0.2) is 0 Å². The molecule has 8 nitrogen and oxygen atoms in total. The van der Waals surface area contributed by atoms with Gasteiger partial charge in [-0.2, -0.15) is 0 Å². The van der Waals surface area contributed by atoms with Crippen molar-refractivity contribution in [2.75, 3.05) is 7.11 Å². The Hall–Kier alpha value is -4.07. The zero-order chi connectivity index (χ0) is 21.1. The van der Waals surface area contributed by atoms with Crippen molar-refractivity contribution >= 4 is 5.69 Å². The van der Waals surface area contributed by atoms with Gasteiger partial charge in [0.2, 0.25) is 0 Å². The largest absolute Gasteiger partial charge is 0.497 e. The first-order valence-corrected chi connectivity index (χ1v) is 9.45. The molecule has 0 aliphatic heterocycles. The molecule has 2 aromatic heterocycles. The van der Waals surface area contributed by atoms with Crippen LogP contribution in [-0.2, 0) is 6.54 Å². The third-order valence-corrected chi connectivity index (χ3v) is 4.81. The van der Waals surface area contributed by atoms with Gasteiger partial charge in [-0.15, -0.1) is 0 Å². The number of pyridine rings is 1. The van der Waals surface area contributed by atoms with Crippen molar-refractivity contribution in [3.8, 4) is 34.2 Å². The molecule has 0 bridgehead atoms. The highest BCUT2D eigenvalue weighted by molar-refractivity contribution is 5.60. The van der Waals surface area contributed by atoms with E-state index < -0.39 is 4.92 Å². The Bertz CT molecular complexity index is 1170. The minimum atomic E-state index is -0.402. The van der Waals surface area contributed by atoms with Crippen molar-refractivity contribution in [3.63, 3.8) is 0 Å². The first-order chi connectivity index (χ1) is 14.6. The SMILES string of the molecule is CC[n+]1c(-c2ccncc2)nn(-c2ccc(OC)cc2)c1-c1ccc([N+](=O)[O-])cc1. The van der Waals surface area contributed by atoms with Crippen LogP contribution in [0, 0.1) is 10.1 Å². The van der Waals surface area contributed by atoms with Crippen LogP contribution in [0.1, 0.15) is 6.92 Å². The van der Waals surface area contributed by atoms with Gasteiger partial charge in [-0.1, -0.05) is 4.68 Å². The third-order valence-electron chi connectivity index (χ3n) is 4.81. The van der Waals surface area contributed by atoms with Gasteiger partial charge in [0, 0.05) is 24.5 Å². The topological polar surface area (TPSA) is 87.0 Å². The second-order valence-electron chi connectivity index (χ2n) is 6.54. The van der Waals surface area contributed by atoms with E-state index in [1.54, 1.807) is 31.6 Å². The van der Waals surface area contributed by atoms with Gasteiger partial charge in [-0.25, -0.2) is 4.57 Å². The van der Waals surface area contributed by atoms with E-state index in [2.05, 4.69) is 9.55 Å². The molecule has 2 heterocycles. The number of nitro groups is 1. The van der Waals surface area contributed by atoms with Gasteiger partial charge >= 0.3 is 5.82 Å². The van der Waals surface area contributed by atoms with Crippen LogP contribution < -0.4 is 9.30 Å². The summed E-state index contributed by atoms with van der Waals surface area (Å²) < 4.78 is 9.20. The zero-order valence-corrected chi connectivity index (χ0v) is 16.6. The molecule has 0 radical (unpaired) electrons. The molecular formula is C22H20N5O3+. The van der Waals surface area contributed by atoms with E-state index in [9.17, 15) is 10.1 Å². The Kier molecular flexibility index (Phi) is 5.21. The predicted octanol–water partition coefficient (Wildman–Crippen LogP) is 3.83. The average Bonchev–Trinajstić information content (AvgIpc) is 3.19. The van der Waals surface area contributed by atoms with Crippen LogP contribution in [0.2, 0.25) is 0 Å². The van der Waals surface area contributed by atoms with Crippen LogP contribution in [0.15, 0.2) is 73.1 Å². The highest BCUT2D eigenvalue weighted by Gasteiger charge is 2.29. The van der Waals surface area contributed by atoms with Crippen molar-refractivity contribution in [2.45, 2.75) is 13.5 Å². The molecule has 0 aliphatic carbocycles. The number of ether oxygens (including phenoxy) is 1. The van der Waals surface area contributed by atoms with Gasteiger partial charge in [-0.05, 0) is 55.5 Å². The maximum absolute atomic E-state index is 11.1.